The standard InChI is InChI=1S/C17H17ClN4OS2/c1-2-21(10-14-8-9-15(18)25-14)16(23)11-24-17-19-12-22(20-17)13-6-4-3-5-7-13/h3-9,12H,2,10-11H2,1H3. The number of benzene rings is 1. The Hall–Kier alpha value is -1.83. The Morgan fingerprint density at radius 3 is 2.76 bits per heavy atom. The van der Waals surface area contributed by atoms with E-state index < -0.39 is 0 Å². The van der Waals surface area contributed by atoms with Gasteiger partial charge in [0.25, 0.3) is 0 Å². The summed E-state index contributed by atoms with van der Waals surface area (Å²) in [7, 11) is 0. The Morgan fingerprint density at radius 2 is 2.08 bits per heavy atom. The molecular weight excluding hydrogens is 376 g/mol. The van der Waals surface area contributed by atoms with Gasteiger partial charge in [-0.3, -0.25) is 4.79 Å². The summed E-state index contributed by atoms with van der Waals surface area (Å²) in [5.41, 5.74) is 0.943. The van der Waals surface area contributed by atoms with Crippen molar-refractivity contribution < 1.29 is 4.79 Å². The molecule has 3 rings (SSSR count). The first kappa shape index (κ1) is 18.0. The van der Waals surface area contributed by atoms with Gasteiger partial charge in [-0.15, -0.1) is 16.4 Å². The molecule has 0 radical (unpaired) electrons. The molecule has 0 aliphatic rings. The average molecular weight is 393 g/mol. The van der Waals surface area contributed by atoms with Gasteiger partial charge in [-0.25, -0.2) is 9.67 Å². The molecule has 0 N–H and O–H groups in total. The lowest BCUT2D eigenvalue weighted by Gasteiger charge is -2.19. The summed E-state index contributed by atoms with van der Waals surface area (Å²) in [5.74, 6) is 0.374. The first-order valence-electron chi connectivity index (χ1n) is 7.77. The fourth-order valence-electron chi connectivity index (χ4n) is 2.24. The summed E-state index contributed by atoms with van der Waals surface area (Å²) in [4.78, 5) is 19.6. The van der Waals surface area contributed by atoms with Crippen LogP contribution < -0.4 is 0 Å². The molecule has 0 bridgehead atoms. The molecule has 1 amide bonds. The third-order valence-corrected chi connectivity index (χ3v) is 5.58. The molecule has 0 saturated carbocycles. The minimum Gasteiger partial charge on any atom is -0.337 e. The molecule has 8 heteroatoms. The zero-order valence-electron chi connectivity index (χ0n) is 13.6. The highest BCUT2D eigenvalue weighted by molar-refractivity contribution is 7.99. The normalized spacial score (nSPS) is 10.8. The number of halogens is 1. The number of thioether (sulfide) groups is 1. The number of hydrogen-bond acceptors (Lipinski definition) is 5. The molecule has 0 spiro atoms. The molecule has 0 aliphatic carbocycles. The molecule has 0 saturated heterocycles. The number of carbonyl (C=O) groups is 1. The van der Waals surface area contributed by atoms with E-state index in [1.165, 1.54) is 23.1 Å². The van der Waals surface area contributed by atoms with Crippen LogP contribution in [0.1, 0.15) is 11.8 Å². The molecule has 0 atom stereocenters. The molecule has 1 aromatic carbocycles. The molecule has 0 fully saturated rings. The first-order chi connectivity index (χ1) is 12.2. The van der Waals surface area contributed by atoms with Crippen molar-refractivity contribution in [3.05, 3.63) is 58.0 Å². The summed E-state index contributed by atoms with van der Waals surface area (Å²) in [5, 5.41) is 5.00. The van der Waals surface area contributed by atoms with Gasteiger partial charge in [0.05, 0.1) is 22.3 Å². The van der Waals surface area contributed by atoms with Crippen LogP contribution in [0.3, 0.4) is 0 Å². The summed E-state index contributed by atoms with van der Waals surface area (Å²) in [6.07, 6.45) is 1.66. The summed E-state index contributed by atoms with van der Waals surface area (Å²) < 4.78 is 2.45. The monoisotopic (exact) mass is 392 g/mol. The van der Waals surface area contributed by atoms with E-state index in [1.54, 1.807) is 11.0 Å². The summed E-state index contributed by atoms with van der Waals surface area (Å²) >= 11 is 8.80. The van der Waals surface area contributed by atoms with E-state index >= 15 is 0 Å². The van der Waals surface area contributed by atoms with Crippen LogP contribution in [0.15, 0.2) is 53.9 Å². The second-order valence-corrected chi connectivity index (χ2v) is 7.95. The molecule has 25 heavy (non-hydrogen) atoms. The lowest BCUT2D eigenvalue weighted by Crippen LogP contribution is -2.31. The van der Waals surface area contributed by atoms with Crippen molar-refractivity contribution in [2.75, 3.05) is 12.3 Å². The van der Waals surface area contributed by atoms with Gasteiger partial charge in [-0.05, 0) is 31.2 Å². The minimum atomic E-state index is 0.0630. The highest BCUT2D eigenvalue weighted by Crippen LogP contribution is 2.23. The maximum Gasteiger partial charge on any atom is 0.233 e. The number of para-hydroxylation sites is 1. The van der Waals surface area contributed by atoms with E-state index in [9.17, 15) is 4.79 Å². The van der Waals surface area contributed by atoms with E-state index in [1.807, 2.05) is 54.3 Å². The molecule has 5 nitrogen and oxygen atoms in total. The second kappa shape index (κ2) is 8.51. The molecule has 0 unspecified atom stereocenters. The molecule has 3 aromatic rings. The smallest absolute Gasteiger partial charge is 0.233 e. The van der Waals surface area contributed by atoms with E-state index in [0.717, 1.165) is 14.9 Å². The van der Waals surface area contributed by atoms with Crippen molar-refractivity contribution in [3.8, 4) is 5.69 Å². The van der Waals surface area contributed by atoms with Crippen molar-refractivity contribution >= 4 is 40.6 Å². The Kier molecular flexibility index (Phi) is 6.12. The van der Waals surface area contributed by atoms with Gasteiger partial charge < -0.3 is 4.90 Å². The highest BCUT2D eigenvalue weighted by atomic mass is 35.5. The van der Waals surface area contributed by atoms with Gasteiger partial charge in [0.1, 0.15) is 6.33 Å². The van der Waals surface area contributed by atoms with Crippen LogP contribution in [0.4, 0.5) is 0 Å². The van der Waals surface area contributed by atoms with Crippen LogP contribution in [0.5, 0.6) is 0 Å². The Morgan fingerprint density at radius 1 is 1.28 bits per heavy atom. The van der Waals surface area contributed by atoms with Crippen LogP contribution in [0.25, 0.3) is 5.69 Å². The topological polar surface area (TPSA) is 51.0 Å². The largest absolute Gasteiger partial charge is 0.337 e. The number of aromatic nitrogens is 3. The fourth-order valence-corrected chi connectivity index (χ4v) is 4.04. The maximum absolute atomic E-state index is 12.4. The number of amides is 1. The molecular formula is C17H17ClN4OS2. The quantitative estimate of drug-likeness (QED) is 0.567. The SMILES string of the molecule is CCN(Cc1ccc(Cl)s1)C(=O)CSc1ncn(-c2ccccc2)n1. The van der Waals surface area contributed by atoms with Gasteiger partial charge in [-0.2, -0.15) is 0 Å². The van der Waals surface area contributed by atoms with E-state index in [0.29, 0.717) is 24.0 Å². The minimum absolute atomic E-state index is 0.0630. The van der Waals surface area contributed by atoms with Crippen LogP contribution >= 0.6 is 34.7 Å². The highest BCUT2D eigenvalue weighted by Gasteiger charge is 2.15. The molecule has 0 aliphatic heterocycles. The van der Waals surface area contributed by atoms with Gasteiger partial charge in [0.2, 0.25) is 11.1 Å². The van der Waals surface area contributed by atoms with E-state index in [4.69, 9.17) is 11.6 Å². The van der Waals surface area contributed by atoms with Gasteiger partial charge >= 0.3 is 0 Å². The van der Waals surface area contributed by atoms with Crippen molar-refractivity contribution in [2.24, 2.45) is 0 Å². The number of carbonyl (C=O) groups excluding carboxylic acids is 1. The van der Waals surface area contributed by atoms with Gasteiger partial charge in [0, 0.05) is 11.4 Å². The van der Waals surface area contributed by atoms with Gasteiger partial charge in [0.15, 0.2) is 0 Å². The fraction of sp³-hybridized carbons (Fsp3) is 0.235. The number of thiophene rings is 1. The predicted octanol–water partition coefficient (Wildman–Crippen LogP) is 4.12. The molecule has 2 heterocycles. The Labute approximate surface area is 159 Å². The summed E-state index contributed by atoms with van der Waals surface area (Å²) in [6, 6.07) is 13.6. The number of rotatable bonds is 7. The predicted molar refractivity (Wildman–Crippen MR) is 103 cm³/mol. The number of hydrogen-bond donors (Lipinski definition) is 0. The molecule has 130 valence electrons. The third kappa shape index (κ3) is 4.84. The third-order valence-electron chi connectivity index (χ3n) is 3.53. The number of nitrogens with zero attached hydrogens (tertiary/aromatic N) is 4. The zero-order valence-corrected chi connectivity index (χ0v) is 16.0. The van der Waals surface area contributed by atoms with Crippen molar-refractivity contribution in [1.29, 1.82) is 0 Å². The van der Waals surface area contributed by atoms with E-state index in [-0.39, 0.29) is 5.91 Å². The van der Waals surface area contributed by atoms with Crippen molar-refractivity contribution in [1.82, 2.24) is 19.7 Å². The second-order valence-electron chi connectivity index (χ2n) is 5.21. The van der Waals surface area contributed by atoms with Crippen LogP contribution in [0, 0.1) is 0 Å². The lowest BCUT2D eigenvalue weighted by atomic mass is 10.3. The maximum atomic E-state index is 12.4. The van der Waals surface area contributed by atoms with Crippen molar-refractivity contribution in [3.63, 3.8) is 0 Å². The van der Waals surface area contributed by atoms with Gasteiger partial charge in [-0.1, -0.05) is 41.6 Å². The van der Waals surface area contributed by atoms with Crippen LogP contribution in [0.2, 0.25) is 4.34 Å². The molecule has 2 aromatic heterocycles. The zero-order chi connectivity index (χ0) is 17.6. The first-order valence-corrected chi connectivity index (χ1v) is 9.95. The lowest BCUT2D eigenvalue weighted by molar-refractivity contribution is -0.128. The van der Waals surface area contributed by atoms with Crippen molar-refractivity contribution in [2.45, 2.75) is 18.6 Å². The van der Waals surface area contributed by atoms with Crippen LogP contribution in [-0.2, 0) is 11.3 Å². The van der Waals surface area contributed by atoms with E-state index in [2.05, 4.69) is 10.1 Å². The summed E-state index contributed by atoms with van der Waals surface area (Å²) in [6.45, 7) is 3.21. The Bertz CT molecular complexity index is 834. The average Bonchev–Trinajstić information content (AvgIpc) is 3.27. The Balaban J connectivity index is 1.57. The van der Waals surface area contributed by atoms with Crippen LogP contribution in [-0.4, -0.2) is 37.9 Å².